The maximum absolute atomic E-state index is 12.5. The van der Waals surface area contributed by atoms with Gasteiger partial charge in [-0.1, -0.05) is 36.4 Å². The van der Waals surface area contributed by atoms with Crippen molar-refractivity contribution in [3.05, 3.63) is 89.2 Å². The molecular formula is C19H13NO3. The van der Waals surface area contributed by atoms with Gasteiger partial charge in [-0.25, -0.2) is 4.79 Å². The first-order valence-electron chi connectivity index (χ1n) is 7.32. The minimum atomic E-state index is -0.431. The summed E-state index contributed by atoms with van der Waals surface area (Å²) in [6, 6.07) is 18.2. The van der Waals surface area contributed by atoms with Crippen molar-refractivity contribution < 1.29 is 14.3 Å². The molecule has 1 aromatic heterocycles. The van der Waals surface area contributed by atoms with E-state index in [9.17, 15) is 9.59 Å². The molecule has 2 aromatic carbocycles. The second-order valence-corrected chi connectivity index (χ2v) is 5.36. The van der Waals surface area contributed by atoms with Crippen LogP contribution < -0.4 is 0 Å². The van der Waals surface area contributed by atoms with E-state index in [4.69, 9.17) is 4.74 Å². The lowest BCUT2D eigenvalue weighted by atomic mass is 10.1. The molecular weight excluding hydrogens is 290 g/mol. The number of ketones is 1. The predicted molar refractivity (Wildman–Crippen MR) is 84.8 cm³/mol. The normalized spacial score (nSPS) is 11.9. The van der Waals surface area contributed by atoms with Gasteiger partial charge in [-0.15, -0.1) is 0 Å². The Balaban J connectivity index is 1.67. The van der Waals surface area contributed by atoms with E-state index in [0.29, 0.717) is 22.5 Å². The molecule has 0 saturated carbocycles. The number of para-hydroxylation sites is 1. The Morgan fingerprint density at radius 3 is 2.61 bits per heavy atom. The number of aromatic nitrogens is 1. The average molecular weight is 303 g/mol. The number of rotatable bonds is 3. The molecule has 0 N–H and O–H groups in total. The lowest BCUT2D eigenvalue weighted by Gasteiger charge is -2.10. The van der Waals surface area contributed by atoms with Gasteiger partial charge in [0.25, 0.3) is 0 Å². The third-order valence-electron chi connectivity index (χ3n) is 3.94. The summed E-state index contributed by atoms with van der Waals surface area (Å²) in [6.45, 7) is 0.204. The third kappa shape index (κ3) is 2.16. The summed E-state index contributed by atoms with van der Waals surface area (Å²) in [4.78, 5) is 24.8. The molecule has 4 rings (SSSR count). The van der Waals surface area contributed by atoms with Crippen LogP contribution in [0.1, 0.15) is 32.0 Å². The van der Waals surface area contributed by atoms with Crippen molar-refractivity contribution in [2.24, 2.45) is 0 Å². The minimum absolute atomic E-state index is 0.0669. The van der Waals surface area contributed by atoms with Gasteiger partial charge >= 0.3 is 5.97 Å². The van der Waals surface area contributed by atoms with Gasteiger partial charge in [-0.3, -0.25) is 4.79 Å². The number of nitrogens with zero attached hydrogens (tertiary/aromatic N) is 1. The third-order valence-corrected chi connectivity index (χ3v) is 3.94. The van der Waals surface area contributed by atoms with Crippen molar-refractivity contribution in [1.29, 1.82) is 0 Å². The van der Waals surface area contributed by atoms with Crippen LogP contribution >= 0.6 is 0 Å². The van der Waals surface area contributed by atoms with Crippen LogP contribution in [-0.4, -0.2) is 16.3 Å². The smallest absolute Gasteiger partial charge is 0.340 e. The van der Waals surface area contributed by atoms with Crippen LogP contribution in [0.25, 0.3) is 5.69 Å². The summed E-state index contributed by atoms with van der Waals surface area (Å²) in [5.74, 6) is -0.497. The van der Waals surface area contributed by atoms with Crippen LogP contribution in [-0.2, 0) is 11.3 Å². The molecule has 0 atom stereocenters. The van der Waals surface area contributed by atoms with Gasteiger partial charge in [0.15, 0.2) is 0 Å². The molecule has 4 heteroatoms. The van der Waals surface area contributed by atoms with E-state index < -0.39 is 5.97 Å². The summed E-state index contributed by atoms with van der Waals surface area (Å²) in [5.41, 5.74) is 3.04. The fourth-order valence-electron chi connectivity index (χ4n) is 2.85. The number of esters is 1. The van der Waals surface area contributed by atoms with Gasteiger partial charge in [0.05, 0.1) is 16.9 Å². The SMILES string of the molecule is O=C(OCc1ccccc1)c1cccc2c1-n1cccc1C2=O. The number of hydrogen-bond acceptors (Lipinski definition) is 3. The average Bonchev–Trinajstić information content (AvgIpc) is 3.17. The highest BCUT2D eigenvalue weighted by atomic mass is 16.5. The van der Waals surface area contributed by atoms with Gasteiger partial charge in [-0.05, 0) is 29.8 Å². The molecule has 0 aliphatic carbocycles. The molecule has 0 amide bonds. The molecule has 23 heavy (non-hydrogen) atoms. The molecule has 0 saturated heterocycles. The van der Waals surface area contributed by atoms with Crippen LogP contribution in [0.3, 0.4) is 0 Å². The van der Waals surface area contributed by atoms with Gasteiger partial charge in [0.2, 0.25) is 5.78 Å². The van der Waals surface area contributed by atoms with Crippen molar-refractivity contribution in [2.75, 3.05) is 0 Å². The number of carbonyl (C=O) groups is 2. The monoisotopic (exact) mass is 303 g/mol. The van der Waals surface area contributed by atoms with Gasteiger partial charge in [0.1, 0.15) is 6.61 Å². The van der Waals surface area contributed by atoms with E-state index in [1.54, 1.807) is 41.1 Å². The lowest BCUT2D eigenvalue weighted by Crippen LogP contribution is -2.09. The highest BCUT2D eigenvalue weighted by Gasteiger charge is 2.30. The Kier molecular flexibility index (Phi) is 3.08. The quantitative estimate of drug-likeness (QED) is 0.545. The second-order valence-electron chi connectivity index (χ2n) is 5.36. The summed E-state index contributed by atoms with van der Waals surface area (Å²) < 4.78 is 7.15. The zero-order chi connectivity index (χ0) is 15.8. The Morgan fingerprint density at radius 1 is 0.957 bits per heavy atom. The van der Waals surface area contributed by atoms with Crippen molar-refractivity contribution in [2.45, 2.75) is 6.61 Å². The summed E-state index contributed by atoms with van der Waals surface area (Å²) in [6.07, 6.45) is 1.78. The summed E-state index contributed by atoms with van der Waals surface area (Å²) in [5, 5.41) is 0. The van der Waals surface area contributed by atoms with Crippen molar-refractivity contribution in [1.82, 2.24) is 4.57 Å². The fourth-order valence-corrected chi connectivity index (χ4v) is 2.85. The molecule has 4 nitrogen and oxygen atoms in total. The Morgan fingerprint density at radius 2 is 1.78 bits per heavy atom. The van der Waals surface area contributed by atoms with E-state index in [2.05, 4.69) is 0 Å². The summed E-state index contributed by atoms with van der Waals surface area (Å²) in [7, 11) is 0. The van der Waals surface area contributed by atoms with Crippen molar-refractivity contribution in [3.63, 3.8) is 0 Å². The maximum atomic E-state index is 12.5. The molecule has 0 unspecified atom stereocenters. The van der Waals surface area contributed by atoms with Gasteiger partial charge in [-0.2, -0.15) is 0 Å². The van der Waals surface area contributed by atoms with E-state index in [1.165, 1.54) is 0 Å². The van der Waals surface area contributed by atoms with E-state index in [0.717, 1.165) is 5.56 Å². The topological polar surface area (TPSA) is 48.3 Å². The highest BCUT2D eigenvalue weighted by Crippen LogP contribution is 2.31. The number of benzene rings is 2. The molecule has 0 bridgehead atoms. The zero-order valence-electron chi connectivity index (χ0n) is 12.2. The molecule has 0 radical (unpaired) electrons. The van der Waals surface area contributed by atoms with E-state index >= 15 is 0 Å². The number of hydrogen-bond donors (Lipinski definition) is 0. The predicted octanol–water partition coefficient (Wildman–Crippen LogP) is 3.38. The Hall–Kier alpha value is -3.14. The first-order valence-corrected chi connectivity index (χ1v) is 7.32. The molecule has 1 aliphatic rings. The van der Waals surface area contributed by atoms with Crippen LogP contribution in [0.5, 0.6) is 0 Å². The number of ether oxygens (including phenoxy) is 1. The second kappa shape index (κ2) is 5.25. The standard InChI is InChI=1S/C19H13NO3/c21-18-14-8-4-9-15(17(14)20-11-5-10-16(18)20)19(22)23-12-13-6-2-1-3-7-13/h1-11H,12H2. The number of fused-ring (bicyclic) bond motifs is 3. The maximum Gasteiger partial charge on any atom is 0.340 e. The van der Waals surface area contributed by atoms with Gasteiger partial charge in [0, 0.05) is 11.8 Å². The van der Waals surface area contributed by atoms with E-state index in [-0.39, 0.29) is 12.4 Å². The first kappa shape index (κ1) is 13.5. The van der Waals surface area contributed by atoms with Crippen LogP contribution in [0.4, 0.5) is 0 Å². The van der Waals surface area contributed by atoms with Gasteiger partial charge < -0.3 is 9.30 Å². The molecule has 2 heterocycles. The highest BCUT2D eigenvalue weighted by molar-refractivity contribution is 6.16. The largest absolute Gasteiger partial charge is 0.457 e. The van der Waals surface area contributed by atoms with Crippen LogP contribution in [0, 0.1) is 0 Å². The molecule has 1 aliphatic heterocycles. The summed E-state index contributed by atoms with van der Waals surface area (Å²) >= 11 is 0. The molecule has 112 valence electrons. The zero-order valence-corrected chi connectivity index (χ0v) is 12.2. The Labute approximate surface area is 132 Å². The molecule has 0 fully saturated rings. The fraction of sp³-hybridized carbons (Fsp3) is 0.0526. The van der Waals surface area contributed by atoms with E-state index in [1.807, 2.05) is 30.3 Å². The molecule has 0 spiro atoms. The van der Waals surface area contributed by atoms with Crippen molar-refractivity contribution in [3.8, 4) is 5.69 Å². The van der Waals surface area contributed by atoms with Crippen LogP contribution in [0.15, 0.2) is 66.9 Å². The van der Waals surface area contributed by atoms with Crippen molar-refractivity contribution >= 4 is 11.8 Å². The van der Waals surface area contributed by atoms with Crippen LogP contribution in [0.2, 0.25) is 0 Å². The Bertz CT molecular complexity index is 909. The molecule has 3 aromatic rings. The number of carbonyl (C=O) groups excluding carboxylic acids is 2. The lowest BCUT2D eigenvalue weighted by molar-refractivity contribution is 0.0473. The first-order chi connectivity index (χ1) is 11.3. The minimum Gasteiger partial charge on any atom is -0.457 e.